The second-order valence-electron chi connectivity index (χ2n) is 1.80. The molecule has 0 aromatic carbocycles. The quantitative estimate of drug-likeness (QED) is 0.564. The van der Waals surface area contributed by atoms with Crippen molar-refractivity contribution in [2.24, 2.45) is 5.73 Å². The van der Waals surface area contributed by atoms with Crippen LogP contribution in [0.15, 0.2) is 12.2 Å². The third-order valence-corrected chi connectivity index (χ3v) is 1.74. The van der Waals surface area contributed by atoms with Crippen LogP contribution in [0.25, 0.3) is 0 Å². The maximum absolute atomic E-state index is 10.5. The molecule has 0 saturated carbocycles. The summed E-state index contributed by atoms with van der Waals surface area (Å²) < 4.78 is 29.1. The van der Waals surface area contributed by atoms with Crippen LogP contribution < -0.4 is 5.73 Å². The van der Waals surface area contributed by atoms with Gasteiger partial charge in [0.15, 0.2) is 0 Å². The van der Waals surface area contributed by atoms with Gasteiger partial charge in [0.05, 0.1) is 13.7 Å². The molecular weight excluding hydrogens is 186 g/mol. The van der Waals surface area contributed by atoms with Crippen LogP contribution in [0.4, 0.5) is 0 Å². The fourth-order valence-electron chi connectivity index (χ4n) is 0.263. The maximum atomic E-state index is 10.5. The van der Waals surface area contributed by atoms with Gasteiger partial charge in [0, 0.05) is 5.57 Å². The molecule has 0 aliphatic heterocycles. The standard InChI is InChI=1S/C5H9NO5S/c1-4(5(6)7)3-11-12(8,9)10-2/h1,3H2,2H3,(H2,6,7). The van der Waals surface area contributed by atoms with Gasteiger partial charge in [0.2, 0.25) is 5.91 Å². The molecule has 70 valence electrons. The summed E-state index contributed by atoms with van der Waals surface area (Å²) in [7, 11) is -3.08. The monoisotopic (exact) mass is 195 g/mol. The number of carbonyl (C=O) groups is 1. The van der Waals surface area contributed by atoms with Gasteiger partial charge in [-0.15, -0.1) is 0 Å². The zero-order chi connectivity index (χ0) is 9.78. The molecule has 0 aromatic heterocycles. The molecule has 2 N–H and O–H groups in total. The van der Waals surface area contributed by atoms with Crippen LogP contribution in [-0.2, 0) is 23.6 Å². The van der Waals surface area contributed by atoms with E-state index in [1.807, 2.05) is 0 Å². The third kappa shape index (κ3) is 4.06. The molecule has 0 bridgehead atoms. The second-order valence-corrected chi connectivity index (χ2v) is 3.19. The van der Waals surface area contributed by atoms with E-state index in [1.54, 1.807) is 0 Å². The molecule has 0 spiro atoms. The summed E-state index contributed by atoms with van der Waals surface area (Å²) in [5.41, 5.74) is 4.61. The van der Waals surface area contributed by atoms with E-state index in [1.165, 1.54) is 0 Å². The van der Waals surface area contributed by atoms with Gasteiger partial charge in [0.25, 0.3) is 0 Å². The zero-order valence-electron chi connectivity index (χ0n) is 6.44. The Kier molecular flexibility index (Phi) is 3.87. The normalized spacial score (nSPS) is 11.1. The second kappa shape index (κ2) is 4.19. The van der Waals surface area contributed by atoms with Crippen molar-refractivity contribution >= 4 is 16.3 Å². The fraction of sp³-hybridized carbons (Fsp3) is 0.400. The van der Waals surface area contributed by atoms with Gasteiger partial charge < -0.3 is 5.73 Å². The minimum atomic E-state index is -4.02. The number of primary amides is 1. The summed E-state index contributed by atoms with van der Waals surface area (Å²) in [6.45, 7) is 2.68. The molecule has 0 unspecified atom stereocenters. The largest absolute Gasteiger partial charge is 0.399 e. The Bertz CT molecular complexity index is 280. The highest BCUT2D eigenvalue weighted by Gasteiger charge is 2.11. The van der Waals surface area contributed by atoms with E-state index < -0.39 is 22.9 Å². The Balaban J connectivity index is 4.02. The molecule has 12 heavy (non-hydrogen) atoms. The molecule has 0 aromatic rings. The van der Waals surface area contributed by atoms with Gasteiger partial charge in [-0.05, 0) is 0 Å². The lowest BCUT2D eigenvalue weighted by atomic mass is 10.3. The highest BCUT2D eigenvalue weighted by atomic mass is 32.3. The Labute approximate surface area is 70.3 Å². The summed E-state index contributed by atoms with van der Waals surface area (Å²) in [5.74, 6) is -0.818. The first-order chi connectivity index (χ1) is 5.39. The van der Waals surface area contributed by atoms with Crippen LogP contribution in [0.2, 0.25) is 0 Å². The molecule has 0 saturated heterocycles. The highest BCUT2D eigenvalue weighted by Crippen LogP contribution is 1.97. The van der Waals surface area contributed by atoms with Gasteiger partial charge in [-0.1, -0.05) is 6.58 Å². The van der Waals surface area contributed by atoms with E-state index in [4.69, 9.17) is 5.73 Å². The van der Waals surface area contributed by atoms with Gasteiger partial charge >= 0.3 is 10.4 Å². The zero-order valence-corrected chi connectivity index (χ0v) is 7.26. The minimum Gasteiger partial charge on any atom is -0.366 e. The molecule has 0 radical (unpaired) electrons. The first-order valence-corrected chi connectivity index (χ1v) is 4.15. The Morgan fingerprint density at radius 1 is 1.58 bits per heavy atom. The van der Waals surface area contributed by atoms with E-state index in [9.17, 15) is 13.2 Å². The van der Waals surface area contributed by atoms with E-state index in [0.29, 0.717) is 0 Å². The fourth-order valence-corrected chi connectivity index (χ4v) is 0.645. The molecule has 6 nitrogen and oxygen atoms in total. The van der Waals surface area contributed by atoms with E-state index in [-0.39, 0.29) is 5.57 Å². The smallest absolute Gasteiger partial charge is 0.366 e. The predicted octanol–water partition coefficient (Wildman–Crippen LogP) is -1.06. The number of nitrogens with two attached hydrogens (primary N) is 1. The van der Waals surface area contributed by atoms with Crippen LogP contribution in [-0.4, -0.2) is 28.0 Å². The number of hydrogen-bond donors (Lipinski definition) is 1. The minimum absolute atomic E-state index is 0.143. The molecule has 0 atom stereocenters. The molecule has 7 heteroatoms. The highest BCUT2D eigenvalue weighted by molar-refractivity contribution is 7.81. The number of carbonyl (C=O) groups excluding carboxylic acids is 1. The van der Waals surface area contributed by atoms with Gasteiger partial charge in [-0.2, -0.15) is 8.42 Å². The van der Waals surface area contributed by atoms with Crippen molar-refractivity contribution in [2.75, 3.05) is 13.7 Å². The lowest BCUT2D eigenvalue weighted by Crippen LogP contribution is -2.19. The number of hydrogen-bond acceptors (Lipinski definition) is 5. The summed E-state index contributed by atoms with van der Waals surface area (Å²) in [6, 6.07) is 0. The Hall–Kier alpha value is -0.920. The summed E-state index contributed by atoms with van der Waals surface area (Å²) >= 11 is 0. The van der Waals surface area contributed by atoms with Crippen molar-refractivity contribution in [3.8, 4) is 0 Å². The van der Waals surface area contributed by atoms with Gasteiger partial charge in [-0.3, -0.25) is 8.98 Å². The number of rotatable bonds is 5. The van der Waals surface area contributed by atoms with Crippen LogP contribution in [0.3, 0.4) is 0 Å². The van der Waals surface area contributed by atoms with Crippen molar-refractivity contribution in [2.45, 2.75) is 0 Å². The van der Waals surface area contributed by atoms with Crippen molar-refractivity contribution < 1.29 is 21.6 Å². The lowest BCUT2D eigenvalue weighted by Gasteiger charge is -2.01. The van der Waals surface area contributed by atoms with E-state index in [2.05, 4.69) is 14.9 Å². The first-order valence-electron chi connectivity index (χ1n) is 2.81. The average molecular weight is 195 g/mol. The third-order valence-electron chi connectivity index (χ3n) is 0.930. The van der Waals surface area contributed by atoms with Gasteiger partial charge in [0.1, 0.15) is 0 Å². The van der Waals surface area contributed by atoms with Crippen LogP contribution in [0, 0.1) is 0 Å². The van der Waals surface area contributed by atoms with Crippen molar-refractivity contribution in [3.63, 3.8) is 0 Å². The van der Waals surface area contributed by atoms with Crippen LogP contribution in [0.1, 0.15) is 0 Å². The molecule has 0 aliphatic carbocycles. The Morgan fingerprint density at radius 2 is 2.08 bits per heavy atom. The maximum Gasteiger partial charge on any atom is 0.399 e. The van der Waals surface area contributed by atoms with Crippen molar-refractivity contribution in [1.29, 1.82) is 0 Å². The number of amides is 1. The van der Waals surface area contributed by atoms with Crippen molar-refractivity contribution in [3.05, 3.63) is 12.2 Å². The summed E-state index contributed by atoms with van der Waals surface area (Å²) in [5, 5.41) is 0. The lowest BCUT2D eigenvalue weighted by molar-refractivity contribution is -0.114. The molecule has 0 rings (SSSR count). The van der Waals surface area contributed by atoms with E-state index in [0.717, 1.165) is 7.11 Å². The molecule has 1 amide bonds. The molecular formula is C5H9NO5S. The summed E-state index contributed by atoms with van der Waals surface area (Å²) in [6.07, 6.45) is 0. The van der Waals surface area contributed by atoms with Crippen LogP contribution >= 0.6 is 0 Å². The Morgan fingerprint density at radius 3 is 2.42 bits per heavy atom. The van der Waals surface area contributed by atoms with Crippen molar-refractivity contribution in [1.82, 2.24) is 0 Å². The first kappa shape index (κ1) is 11.1. The molecule has 0 heterocycles. The average Bonchev–Trinajstić information content (AvgIpc) is 2.00. The SMILES string of the molecule is C=C(COS(=O)(=O)OC)C(N)=O. The topological polar surface area (TPSA) is 95.7 Å². The van der Waals surface area contributed by atoms with Gasteiger partial charge in [-0.25, -0.2) is 4.18 Å². The molecule has 0 fully saturated rings. The predicted molar refractivity (Wildman–Crippen MR) is 40.2 cm³/mol. The molecule has 0 aliphatic rings. The summed E-state index contributed by atoms with van der Waals surface area (Å²) in [4.78, 5) is 10.3. The van der Waals surface area contributed by atoms with Crippen LogP contribution in [0.5, 0.6) is 0 Å². The van der Waals surface area contributed by atoms with E-state index >= 15 is 0 Å².